The van der Waals surface area contributed by atoms with Gasteiger partial charge in [0.25, 0.3) is 0 Å². The molecule has 1 aromatic carbocycles. The van der Waals surface area contributed by atoms with Gasteiger partial charge in [0.05, 0.1) is 19.6 Å². The number of rotatable bonds is 2. The quantitative estimate of drug-likeness (QED) is 0.756. The Hall–Kier alpha value is -1.62. The van der Waals surface area contributed by atoms with Gasteiger partial charge in [-0.3, -0.25) is 4.79 Å². The third kappa shape index (κ3) is 2.30. The smallest absolute Gasteiger partial charge is 0.228 e. The number of nitrogens with one attached hydrogen (secondary N) is 2. The van der Waals surface area contributed by atoms with Crippen LogP contribution in [0.3, 0.4) is 0 Å². The second kappa shape index (κ2) is 4.49. The van der Waals surface area contributed by atoms with E-state index in [9.17, 15) is 4.79 Å². The minimum absolute atomic E-state index is 0.0587. The van der Waals surface area contributed by atoms with Crippen molar-refractivity contribution in [3.63, 3.8) is 0 Å². The summed E-state index contributed by atoms with van der Waals surface area (Å²) in [7, 11) is 1.62. The minimum Gasteiger partial charge on any atom is -0.497 e. The van der Waals surface area contributed by atoms with Crippen LogP contribution in [-0.4, -0.2) is 18.1 Å². The van der Waals surface area contributed by atoms with Crippen LogP contribution >= 0.6 is 12.2 Å². The number of carbonyl (C=O) groups is 1. The first-order valence-corrected chi connectivity index (χ1v) is 5.34. The Balaban J connectivity index is 2.22. The van der Waals surface area contributed by atoms with Crippen LogP contribution in [0.15, 0.2) is 24.3 Å². The van der Waals surface area contributed by atoms with Gasteiger partial charge in [0, 0.05) is 0 Å². The zero-order chi connectivity index (χ0) is 11.5. The van der Waals surface area contributed by atoms with Gasteiger partial charge in [-0.15, -0.1) is 0 Å². The molecule has 0 bridgehead atoms. The van der Waals surface area contributed by atoms with Crippen LogP contribution in [0.25, 0.3) is 0 Å². The molecule has 1 atom stereocenters. The predicted octanol–water partition coefficient (Wildman–Crippen LogP) is 1.13. The molecule has 4 nitrogen and oxygen atoms in total. The molecule has 0 radical (unpaired) electrons. The van der Waals surface area contributed by atoms with Crippen molar-refractivity contribution in [3.8, 4) is 5.75 Å². The number of methoxy groups -OCH3 is 1. The normalized spacial score (nSPS) is 19.9. The Labute approximate surface area is 99.0 Å². The number of amides is 1. The molecule has 0 aliphatic carbocycles. The highest BCUT2D eigenvalue weighted by Gasteiger charge is 2.22. The Kier molecular flexibility index (Phi) is 3.05. The van der Waals surface area contributed by atoms with Gasteiger partial charge in [0.1, 0.15) is 5.75 Å². The van der Waals surface area contributed by atoms with Crippen molar-refractivity contribution in [1.29, 1.82) is 0 Å². The number of thiocarbonyl (C=S) groups is 1. The highest BCUT2D eigenvalue weighted by Crippen LogP contribution is 2.22. The molecule has 1 unspecified atom stereocenters. The zero-order valence-electron chi connectivity index (χ0n) is 8.82. The summed E-state index contributed by atoms with van der Waals surface area (Å²) in [6, 6.07) is 7.53. The molecule has 5 heteroatoms. The molecular formula is C11H12N2O2S. The molecule has 1 aliphatic rings. The maximum Gasteiger partial charge on any atom is 0.228 e. The second-order valence-corrected chi connectivity index (χ2v) is 3.96. The molecule has 0 spiro atoms. The maximum atomic E-state index is 11.3. The molecule has 1 fully saturated rings. The van der Waals surface area contributed by atoms with Gasteiger partial charge < -0.3 is 15.4 Å². The summed E-state index contributed by atoms with van der Waals surface area (Å²) in [6.45, 7) is 0. The topological polar surface area (TPSA) is 50.4 Å². The summed E-state index contributed by atoms with van der Waals surface area (Å²) in [5.74, 6) is 0.716. The van der Waals surface area contributed by atoms with E-state index >= 15 is 0 Å². The van der Waals surface area contributed by atoms with E-state index in [1.54, 1.807) is 7.11 Å². The van der Waals surface area contributed by atoms with E-state index < -0.39 is 0 Å². The minimum atomic E-state index is -0.0728. The molecule has 1 aromatic rings. The summed E-state index contributed by atoms with van der Waals surface area (Å²) in [5, 5.41) is 5.99. The lowest BCUT2D eigenvalue weighted by Gasteiger charge is -2.25. The lowest BCUT2D eigenvalue weighted by Crippen LogP contribution is -2.47. The SMILES string of the molecule is COc1cccc(C2CC(=O)NC(=S)N2)c1. The molecule has 1 saturated heterocycles. The molecule has 1 amide bonds. The summed E-state index contributed by atoms with van der Waals surface area (Å²) in [5.41, 5.74) is 0.997. The first-order chi connectivity index (χ1) is 7.69. The van der Waals surface area contributed by atoms with E-state index in [0.29, 0.717) is 11.5 Å². The van der Waals surface area contributed by atoms with Crippen molar-refractivity contribution >= 4 is 23.2 Å². The average molecular weight is 236 g/mol. The molecule has 16 heavy (non-hydrogen) atoms. The molecule has 1 heterocycles. The van der Waals surface area contributed by atoms with Gasteiger partial charge in [0.2, 0.25) is 5.91 Å². The van der Waals surface area contributed by atoms with Gasteiger partial charge in [0.15, 0.2) is 5.11 Å². The summed E-state index contributed by atoms with van der Waals surface area (Å²) in [4.78, 5) is 11.3. The van der Waals surface area contributed by atoms with Crippen molar-refractivity contribution < 1.29 is 9.53 Å². The number of hydrogen-bond donors (Lipinski definition) is 2. The molecule has 2 N–H and O–H groups in total. The molecule has 1 aliphatic heterocycles. The Morgan fingerprint density at radius 1 is 1.50 bits per heavy atom. The Morgan fingerprint density at radius 2 is 2.31 bits per heavy atom. The number of hydrogen-bond acceptors (Lipinski definition) is 3. The zero-order valence-corrected chi connectivity index (χ0v) is 9.64. The Morgan fingerprint density at radius 3 is 3.00 bits per heavy atom. The van der Waals surface area contributed by atoms with Gasteiger partial charge in [-0.1, -0.05) is 12.1 Å². The van der Waals surface area contributed by atoms with Crippen molar-refractivity contribution in [2.24, 2.45) is 0 Å². The number of carbonyl (C=O) groups excluding carboxylic acids is 1. The van der Waals surface area contributed by atoms with Crippen molar-refractivity contribution in [2.45, 2.75) is 12.5 Å². The van der Waals surface area contributed by atoms with Crippen LogP contribution in [0.1, 0.15) is 18.0 Å². The Bertz CT molecular complexity index is 418. The lowest BCUT2D eigenvalue weighted by atomic mass is 10.0. The maximum absolute atomic E-state index is 11.3. The van der Waals surface area contributed by atoms with Gasteiger partial charge in [-0.25, -0.2) is 0 Å². The monoisotopic (exact) mass is 236 g/mol. The first-order valence-electron chi connectivity index (χ1n) is 4.93. The fourth-order valence-corrected chi connectivity index (χ4v) is 1.92. The highest BCUT2D eigenvalue weighted by molar-refractivity contribution is 7.80. The third-order valence-electron chi connectivity index (χ3n) is 2.44. The van der Waals surface area contributed by atoms with Gasteiger partial charge >= 0.3 is 0 Å². The molecule has 0 aromatic heterocycles. The molecular weight excluding hydrogens is 224 g/mol. The van der Waals surface area contributed by atoms with Crippen molar-refractivity contribution in [1.82, 2.24) is 10.6 Å². The molecule has 84 valence electrons. The number of ether oxygens (including phenoxy) is 1. The van der Waals surface area contributed by atoms with Crippen molar-refractivity contribution in [3.05, 3.63) is 29.8 Å². The third-order valence-corrected chi connectivity index (χ3v) is 2.66. The fourth-order valence-electron chi connectivity index (χ4n) is 1.67. The van der Waals surface area contributed by atoms with E-state index in [4.69, 9.17) is 17.0 Å². The van der Waals surface area contributed by atoms with E-state index in [1.807, 2.05) is 24.3 Å². The van der Waals surface area contributed by atoms with Gasteiger partial charge in [-0.05, 0) is 29.9 Å². The first kappa shape index (κ1) is 10.9. The van der Waals surface area contributed by atoms with Crippen LogP contribution in [0, 0.1) is 0 Å². The van der Waals surface area contributed by atoms with Crippen molar-refractivity contribution in [2.75, 3.05) is 7.11 Å². The van der Waals surface area contributed by atoms with Crippen LogP contribution in [-0.2, 0) is 4.79 Å². The molecule has 2 rings (SSSR count). The van der Waals surface area contributed by atoms with Crippen LogP contribution in [0.4, 0.5) is 0 Å². The summed E-state index contributed by atoms with van der Waals surface area (Å²) >= 11 is 4.95. The van der Waals surface area contributed by atoms with E-state index in [0.717, 1.165) is 11.3 Å². The van der Waals surface area contributed by atoms with Crippen LogP contribution < -0.4 is 15.4 Å². The highest BCUT2D eigenvalue weighted by atomic mass is 32.1. The predicted molar refractivity (Wildman–Crippen MR) is 64.2 cm³/mol. The average Bonchev–Trinajstić information content (AvgIpc) is 2.28. The lowest BCUT2D eigenvalue weighted by molar-refractivity contribution is -0.120. The van der Waals surface area contributed by atoms with Crippen LogP contribution in [0.2, 0.25) is 0 Å². The standard InChI is InChI=1S/C11H12N2O2S/c1-15-8-4-2-3-7(5-8)9-6-10(14)13-11(16)12-9/h2-5,9H,6H2,1H3,(H2,12,13,14,16). The van der Waals surface area contributed by atoms with Crippen LogP contribution in [0.5, 0.6) is 5.75 Å². The summed E-state index contributed by atoms with van der Waals surface area (Å²) in [6.07, 6.45) is 0.382. The fraction of sp³-hybridized carbons (Fsp3) is 0.273. The largest absolute Gasteiger partial charge is 0.497 e. The molecule has 0 saturated carbocycles. The number of benzene rings is 1. The van der Waals surface area contributed by atoms with E-state index in [1.165, 1.54) is 0 Å². The summed E-state index contributed by atoms with van der Waals surface area (Å²) < 4.78 is 5.14. The van der Waals surface area contributed by atoms with E-state index in [-0.39, 0.29) is 11.9 Å². The second-order valence-electron chi connectivity index (χ2n) is 3.55. The van der Waals surface area contributed by atoms with E-state index in [2.05, 4.69) is 10.6 Å². The van der Waals surface area contributed by atoms with Gasteiger partial charge in [-0.2, -0.15) is 0 Å².